The van der Waals surface area contributed by atoms with E-state index >= 15 is 0 Å². The number of hydrogen-bond acceptors (Lipinski definition) is 3. The van der Waals surface area contributed by atoms with Crippen LogP contribution in [-0.2, 0) is 0 Å². The number of nitrogens with two attached hydrogens (primary N) is 1. The molecule has 0 saturated carbocycles. The first-order valence-electron chi connectivity index (χ1n) is 4.30. The van der Waals surface area contributed by atoms with Crippen molar-refractivity contribution >= 4 is 23.3 Å². The van der Waals surface area contributed by atoms with Crippen LogP contribution in [0.2, 0.25) is 0 Å². The van der Waals surface area contributed by atoms with E-state index in [0.717, 1.165) is 5.56 Å². The van der Waals surface area contributed by atoms with Gasteiger partial charge in [-0.05, 0) is 12.2 Å². The van der Waals surface area contributed by atoms with E-state index in [9.17, 15) is 0 Å². The smallest absolute Gasteiger partial charge is 0.248 e. The number of anilines is 1. The van der Waals surface area contributed by atoms with Crippen molar-refractivity contribution in [1.29, 1.82) is 0 Å². The zero-order chi connectivity index (χ0) is 10.7. The van der Waals surface area contributed by atoms with E-state index in [1.165, 1.54) is 0 Å². The summed E-state index contributed by atoms with van der Waals surface area (Å²) in [4.78, 5) is 4.18. The summed E-state index contributed by atoms with van der Waals surface area (Å²) in [7, 11) is 0. The molecule has 15 heavy (non-hydrogen) atoms. The van der Waals surface area contributed by atoms with E-state index in [2.05, 4.69) is 32.7 Å². The fourth-order valence-electron chi connectivity index (χ4n) is 1.15. The molecule has 0 saturated heterocycles. The molecule has 0 radical (unpaired) electrons. The number of hydrogen-bond donors (Lipinski definition) is 3. The Morgan fingerprint density at radius 3 is 2.73 bits per heavy atom. The van der Waals surface area contributed by atoms with Crippen molar-refractivity contribution in [3.05, 3.63) is 30.3 Å². The molecule has 5 nitrogen and oxygen atoms in total. The van der Waals surface area contributed by atoms with Crippen LogP contribution >= 0.6 is 12.2 Å². The van der Waals surface area contributed by atoms with Gasteiger partial charge in [0.15, 0.2) is 10.9 Å². The van der Waals surface area contributed by atoms with Gasteiger partial charge in [0, 0.05) is 5.56 Å². The summed E-state index contributed by atoms with van der Waals surface area (Å²) < 4.78 is 0. The van der Waals surface area contributed by atoms with Crippen LogP contribution in [0, 0.1) is 0 Å². The first kappa shape index (κ1) is 9.60. The Morgan fingerprint density at radius 2 is 2.07 bits per heavy atom. The summed E-state index contributed by atoms with van der Waals surface area (Å²) in [5.74, 6) is 1.05. The lowest BCUT2D eigenvalue weighted by molar-refractivity contribution is 1.10. The number of aromatic amines is 1. The van der Waals surface area contributed by atoms with Crippen molar-refractivity contribution in [1.82, 2.24) is 15.2 Å². The molecule has 0 bridgehead atoms. The quantitative estimate of drug-likeness (QED) is 0.660. The van der Waals surface area contributed by atoms with Crippen molar-refractivity contribution in [3.8, 4) is 11.4 Å². The Kier molecular flexibility index (Phi) is 2.59. The molecule has 1 aromatic carbocycles. The number of benzene rings is 1. The van der Waals surface area contributed by atoms with Crippen LogP contribution in [0.4, 0.5) is 5.95 Å². The minimum absolute atomic E-state index is 0.147. The Hall–Kier alpha value is -1.95. The van der Waals surface area contributed by atoms with Crippen LogP contribution in [0.15, 0.2) is 30.3 Å². The molecular weight excluding hydrogens is 210 g/mol. The van der Waals surface area contributed by atoms with Crippen molar-refractivity contribution in [2.45, 2.75) is 0 Å². The van der Waals surface area contributed by atoms with Gasteiger partial charge in [0.25, 0.3) is 0 Å². The van der Waals surface area contributed by atoms with Crippen molar-refractivity contribution < 1.29 is 0 Å². The Balaban J connectivity index is 2.24. The third-order valence-electron chi connectivity index (χ3n) is 1.77. The van der Waals surface area contributed by atoms with Crippen molar-refractivity contribution in [3.63, 3.8) is 0 Å². The number of aromatic nitrogens is 3. The molecule has 0 amide bonds. The van der Waals surface area contributed by atoms with E-state index < -0.39 is 0 Å². The van der Waals surface area contributed by atoms with Gasteiger partial charge in [0.1, 0.15) is 0 Å². The molecule has 0 aliphatic heterocycles. The maximum Gasteiger partial charge on any atom is 0.248 e. The fraction of sp³-hybridized carbons (Fsp3) is 0. The van der Waals surface area contributed by atoms with Gasteiger partial charge in [0.2, 0.25) is 5.95 Å². The van der Waals surface area contributed by atoms with Crippen LogP contribution in [0.5, 0.6) is 0 Å². The summed E-state index contributed by atoms with van der Waals surface area (Å²) >= 11 is 4.68. The normalized spacial score (nSPS) is 9.87. The third kappa shape index (κ3) is 2.29. The van der Waals surface area contributed by atoms with Gasteiger partial charge in [-0.2, -0.15) is 4.98 Å². The van der Waals surface area contributed by atoms with Crippen LogP contribution in [0.25, 0.3) is 11.4 Å². The van der Waals surface area contributed by atoms with Crippen LogP contribution in [0.3, 0.4) is 0 Å². The summed E-state index contributed by atoms with van der Waals surface area (Å²) in [6.07, 6.45) is 0. The van der Waals surface area contributed by atoms with E-state index in [-0.39, 0.29) is 5.11 Å². The van der Waals surface area contributed by atoms with Crippen LogP contribution in [-0.4, -0.2) is 20.3 Å². The summed E-state index contributed by atoms with van der Waals surface area (Å²) in [5.41, 5.74) is 6.26. The average molecular weight is 219 g/mol. The topological polar surface area (TPSA) is 79.6 Å². The highest BCUT2D eigenvalue weighted by molar-refractivity contribution is 7.80. The molecule has 0 atom stereocenters. The summed E-state index contributed by atoms with van der Waals surface area (Å²) in [6.45, 7) is 0. The van der Waals surface area contributed by atoms with Gasteiger partial charge in [0.05, 0.1) is 0 Å². The second kappa shape index (κ2) is 4.05. The van der Waals surface area contributed by atoms with E-state index in [0.29, 0.717) is 11.8 Å². The summed E-state index contributed by atoms with van der Waals surface area (Å²) in [5, 5.41) is 9.50. The molecule has 2 aromatic rings. The zero-order valence-corrected chi connectivity index (χ0v) is 8.58. The number of thiocarbonyl (C=S) groups is 1. The maximum absolute atomic E-state index is 5.30. The predicted octanol–water partition coefficient (Wildman–Crippen LogP) is 1.13. The Labute approximate surface area is 91.7 Å². The van der Waals surface area contributed by atoms with Gasteiger partial charge >= 0.3 is 0 Å². The number of nitrogens with zero attached hydrogens (tertiary/aromatic N) is 2. The Morgan fingerprint density at radius 1 is 1.33 bits per heavy atom. The first-order valence-corrected chi connectivity index (χ1v) is 4.71. The Bertz CT molecular complexity index is 464. The predicted molar refractivity (Wildman–Crippen MR) is 62.2 cm³/mol. The zero-order valence-electron chi connectivity index (χ0n) is 7.77. The molecule has 0 aliphatic carbocycles. The van der Waals surface area contributed by atoms with Crippen molar-refractivity contribution in [2.24, 2.45) is 5.73 Å². The van der Waals surface area contributed by atoms with Crippen LogP contribution in [0.1, 0.15) is 0 Å². The number of rotatable bonds is 2. The molecule has 0 spiro atoms. The molecule has 4 N–H and O–H groups in total. The van der Waals surface area contributed by atoms with E-state index in [1.807, 2.05) is 30.3 Å². The molecule has 6 heteroatoms. The molecule has 0 fully saturated rings. The fourth-order valence-corrected chi connectivity index (χ4v) is 1.24. The molecule has 1 heterocycles. The van der Waals surface area contributed by atoms with Gasteiger partial charge in [-0.25, -0.2) is 0 Å². The monoisotopic (exact) mass is 219 g/mol. The highest BCUT2D eigenvalue weighted by atomic mass is 32.1. The number of nitrogens with one attached hydrogen (secondary N) is 2. The van der Waals surface area contributed by atoms with E-state index in [4.69, 9.17) is 5.73 Å². The lowest BCUT2D eigenvalue weighted by Crippen LogP contribution is -2.19. The highest BCUT2D eigenvalue weighted by Gasteiger charge is 2.04. The molecule has 1 aromatic heterocycles. The molecule has 0 unspecified atom stereocenters. The standard InChI is InChI=1S/C9H9N5S/c10-8(15)12-9-11-7(13-14-9)6-4-2-1-3-5-6/h1-5H,(H4,10,11,12,13,14,15). The molecule has 76 valence electrons. The minimum Gasteiger partial charge on any atom is -0.376 e. The lowest BCUT2D eigenvalue weighted by atomic mass is 10.2. The SMILES string of the molecule is NC(=S)Nc1n[nH]c(-c2ccccc2)n1. The third-order valence-corrected chi connectivity index (χ3v) is 1.87. The van der Waals surface area contributed by atoms with Crippen LogP contribution < -0.4 is 11.1 Å². The van der Waals surface area contributed by atoms with Gasteiger partial charge in [-0.3, -0.25) is 5.10 Å². The van der Waals surface area contributed by atoms with Gasteiger partial charge < -0.3 is 11.1 Å². The minimum atomic E-state index is 0.147. The summed E-state index contributed by atoms with van der Waals surface area (Å²) in [6, 6.07) is 9.67. The second-order valence-electron chi connectivity index (χ2n) is 2.86. The average Bonchev–Trinajstić information content (AvgIpc) is 2.67. The lowest BCUT2D eigenvalue weighted by Gasteiger charge is -1.94. The second-order valence-corrected chi connectivity index (χ2v) is 3.30. The maximum atomic E-state index is 5.30. The van der Waals surface area contributed by atoms with Gasteiger partial charge in [-0.15, -0.1) is 5.10 Å². The largest absolute Gasteiger partial charge is 0.376 e. The van der Waals surface area contributed by atoms with Gasteiger partial charge in [-0.1, -0.05) is 30.3 Å². The van der Waals surface area contributed by atoms with Crippen molar-refractivity contribution in [2.75, 3.05) is 5.32 Å². The molecule has 0 aliphatic rings. The highest BCUT2D eigenvalue weighted by Crippen LogP contribution is 2.14. The van der Waals surface area contributed by atoms with E-state index in [1.54, 1.807) is 0 Å². The molecular formula is C9H9N5S. The number of H-pyrrole nitrogens is 1. The first-order chi connectivity index (χ1) is 7.25. The molecule has 2 rings (SSSR count).